The van der Waals surface area contributed by atoms with Crippen LogP contribution in [0.25, 0.3) is 6.08 Å². The minimum atomic E-state index is -1.38. The number of carboxylic acid groups (broad SMARTS) is 1. The summed E-state index contributed by atoms with van der Waals surface area (Å²) in [5, 5.41) is 20.2. The van der Waals surface area contributed by atoms with E-state index in [2.05, 4.69) is 5.32 Å². The molecule has 2 aromatic rings. The van der Waals surface area contributed by atoms with Crippen molar-refractivity contribution in [2.24, 2.45) is 0 Å². The highest BCUT2D eigenvalue weighted by Crippen LogP contribution is 2.32. The van der Waals surface area contributed by atoms with Crippen molar-refractivity contribution in [1.82, 2.24) is 4.90 Å². The molecule has 0 bridgehead atoms. The number of imide groups is 1. The van der Waals surface area contributed by atoms with Gasteiger partial charge in [0.15, 0.2) is 0 Å². The van der Waals surface area contributed by atoms with Gasteiger partial charge in [-0.05, 0) is 53.7 Å². The Morgan fingerprint density at radius 1 is 1.17 bits per heavy atom. The second kappa shape index (κ2) is 8.15. The summed E-state index contributed by atoms with van der Waals surface area (Å²) in [5.74, 6) is -3.78. The topological polar surface area (TPSA) is 124 Å². The van der Waals surface area contributed by atoms with Crippen LogP contribution in [-0.4, -0.2) is 44.7 Å². The second-order valence-corrected chi connectivity index (χ2v) is 6.90. The van der Waals surface area contributed by atoms with Crippen molar-refractivity contribution in [2.75, 3.05) is 11.9 Å². The molecule has 10 heteroatoms. The van der Waals surface area contributed by atoms with Gasteiger partial charge < -0.3 is 15.5 Å². The van der Waals surface area contributed by atoms with Crippen molar-refractivity contribution in [2.45, 2.75) is 0 Å². The van der Waals surface area contributed by atoms with Crippen LogP contribution in [0.1, 0.15) is 15.9 Å². The molecule has 0 spiro atoms. The molecule has 1 heterocycles. The molecule has 1 saturated heterocycles. The van der Waals surface area contributed by atoms with Gasteiger partial charge in [0.2, 0.25) is 5.91 Å². The van der Waals surface area contributed by atoms with Crippen LogP contribution in [0.2, 0.25) is 0 Å². The number of carbonyl (C=O) groups excluding carboxylic acids is 3. The standard InChI is InChI=1S/C19H13FN2O6S/c20-11-3-1-2-10(6-11)7-15-17(25)22(19(28)29-15)9-16(24)21-12-4-5-14(23)13(8-12)18(26)27/h1-8,23H,9H2,(H,21,24)(H,26,27)/b15-7-. The Bertz CT molecular complexity index is 1070. The molecule has 0 aliphatic carbocycles. The number of nitrogens with one attached hydrogen (secondary N) is 1. The number of hydrogen-bond acceptors (Lipinski definition) is 6. The van der Waals surface area contributed by atoms with E-state index in [1.54, 1.807) is 6.07 Å². The maximum absolute atomic E-state index is 13.3. The maximum Gasteiger partial charge on any atom is 0.339 e. The van der Waals surface area contributed by atoms with E-state index in [9.17, 15) is 28.7 Å². The van der Waals surface area contributed by atoms with E-state index in [1.807, 2.05) is 0 Å². The van der Waals surface area contributed by atoms with Gasteiger partial charge in [0.25, 0.3) is 11.1 Å². The van der Waals surface area contributed by atoms with Crippen molar-refractivity contribution in [3.05, 3.63) is 64.3 Å². The third kappa shape index (κ3) is 4.61. The number of rotatable bonds is 5. The van der Waals surface area contributed by atoms with Crippen LogP contribution in [0.15, 0.2) is 47.4 Å². The summed E-state index contributed by atoms with van der Waals surface area (Å²) >= 11 is 0.624. The fourth-order valence-electron chi connectivity index (χ4n) is 2.51. The number of halogens is 1. The summed E-state index contributed by atoms with van der Waals surface area (Å²) in [6, 6.07) is 8.89. The third-order valence-corrected chi connectivity index (χ3v) is 4.74. The SMILES string of the molecule is O=C(CN1C(=O)S/C(=C\c2cccc(F)c2)C1=O)Nc1ccc(O)c(C(=O)O)c1. The Labute approximate surface area is 167 Å². The second-order valence-electron chi connectivity index (χ2n) is 5.91. The number of thioether (sulfide) groups is 1. The van der Waals surface area contributed by atoms with Crippen molar-refractivity contribution in [3.8, 4) is 5.75 Å². The molecule has 1 aliphatic rings. The molecule has 0 aromatic heterocycles. The number of benzene rings is 2. The van der Waals surface area contributed by atoms with Gasteiger partial charge in [-0.15, -0.1) is 0 Å². The van der Waals surface area contributed by atoms with E-state index in [1.165, 1.54) is 30.3 Å². The molecule has 0 saturated carbocycles. The fourth-order valence-corrected chi connectivity index (χ4v) is 3.35. The number of carboxylic acids is 1. The lowest BCUT2D eigenvalue weighted by Gasteiger charge is -2.13. The Hall–Kier alpha value is -3.66. The van der Waals surface area contributed by atoms with Crippen LogP contribution in [0.4, 0.5) is 14.9 Å². The smallest absolute Gasteiger partial charge is 0.339 e. The first-order valence-corrected chi connectivity index (χ1v) is 8.93. The van der Waals surface area contributed by atoms with Crippen LogP contribution in [0.3, 0.4) is 0 Å². The number of nitrogens with zero attached hydrogens (tertiary/aromatic N) is 1. The molecule has 3 amide bonds. The highest BCUT2D eigenvalue weighted by molar-refractivity contribution is 8.18. The highest BCUT2D eigenvalue weighted by atomic mass is 32.2. The molecule has 3 rings (SSSR count). The number of aromatic carboxylic acids is 1. The van der Waals surface area contributed by atoms with E-state index < -0.39 is 46.7 Å². The summed E-state index contributed by atoms with van der Waals surface area (Å²) in [4.78, 5) is 48.5. The van der Waals surface area contributed by atoms with Crippen molar-refractivity contribution >= 4 is 46.5 Å². The number of carbonyl (C=O) groups is 4. The lowest BCUT2D eigenvalue weighted by Crippen LogP contribution is -2.36. The summed E-state index contributed by atoms with van der Waals surface area (Å²) in [6.07, 6.45) is 1.35. The van der Waals surface area contributed by atoms with E-state index in [0.717, 1.165) is 17.0 Å². The van der Waals surface area contributed by atoms with Gasteiger partial charge in [-0.3, -0.25) is 19.3 Å². The number of aromatic hydroxyl groups is 1. The Morgan fingerprint density at radius 2 is 1.93 bits per heavy atom. The predicted octanol–water partition coefficient (Wildman–Crippen LogP) is 2.90. The Kier molecular flexibility index (Phi) is 5.64. The summed E-state index contributed by atoms with van der Waals surface area (Å²) in [5.41, 5.74) is 0.0599. The lowest BCUT2D eigenvalue weighted by molar-refractivity contribution is -0.127. The molecular weight excluding hydrogens is 403 g/mol. The summed E-state index contributed by atoms with van der Waals surface area (Å²) < 4.78 is 13.3. The van der Waals surface area contributed by atoms with Crippen molar-refractivity contribution in [3.63, 3.8) is 0 Å². The van der Waals surface area contributed by atoms with Crippen LogP contribution >= 0.6 is 11.8 Å². The normalized spacial score (nSPS) is 15.1. The molecule has 29 heavy (non-hydrogen) atoms. The van der Waals surface area contributed by atoms with Crippen LogP contribution in [-0.2, 0) is 9.59 Å². The zero-order valence-electron chi connectivity index (χ0n) is 14.6. The van der Waals surface area contributed by atoms with Gasteiger partial charge >= 0.3 is 5.97 Å². The number of anilines is 1. The molecule has 0 radical (unpaired) electrons. The Balaban J connectivity index is 1.71. The molecule has 3 N–H and O–H groups in total. The highest BCUT2D eigenvalue weighted by Gasteiger charge is 2.36. The minimum absolute atomic E-state index is 0.0474. The largest absolute Gasteiger partial charge is 0.507 e. The van der Waals surface area contributed by atoms with Gasteiger partial charge in [-0.1, -0.05) is 12.1 Å². The van der Waals surface area contributed by atoms with Gasteiger partial charge in [0.05, 0.1) is 4.91 Å². The third-order valence-electron chi connectivity index (χ3n) is 3.83. The summed E-state index contributed by atoms with van der Waals surface area (Å²) in [7, 11) is 0. The first kappa shape index (κ1) is 20.1. The molecular formula is C19H13FN2O6S. The number of amides is 3. The number of phenols is 1. The fraction of sp³-hybridized carbons (Fsp3) is 0.0526. The van der Waals surface area contributed by atoms with Gasteiger partial charge in [0.1, 0.15) is 23.7 Å². The molecule has 2 aromatic carbocycles. The van der Waals surface area contributed by atoms with Crippen LogP contribution in [0.5, 0.6) is 5.75 Å². The lowest BCUT2D eigenvalue weighted by atomic mass is 10.2. The van der Waals surface area contributed by atoms with Crippen molar-refractivity contribution < 1.29 is 33.8 Å². The monoisotopic (exact) mass is 416 g/mol. The molecule has 0 atom stereocenters. The average Bonchev–Trinajstić information content (AvgIpc) is 2.90. The summed E-state index contributed by atoms with van der Waals surface area (Å²) in [6.45, 7) is -0.589. The molecule has 0 unspecified atom stereocenters. The molecule has 148 valence electrons. The van der Waals surface area contributed by atoms with E-state index >= 15 is 0 Å². The Morgan fingerprint density at radius 3 is 2.62 bits per heavy atom. The predicted molar refractivity (Wildman–Crippen MR) is 103 cm³/mol. The van der Waals surface area contributed by atoms with Gasteiger partial charge in [0, 0.05) is 5.69 Å². The van der Waals surface area contributed by atoms with Gasteiger partial charge in [-0.25, -0.2) is 9.18 Å². The van der Waals surface area contributed by atoms with E-state index in [4.69, 9.17) is 5.11 Å². The van der Waals surface area contributed by atoms with Crippen LogP contribution in [0, 0.1) is 5.82 Å². The molecule has 1 aliphatic heterocycles. The number of hydrogen-bond donors (Lipinski definition) is 3. The first-order chi connectivity index (χ1) is 13.7. The zero-order valence-corrected chi connectivity index (χ0v) is 15.4. The first-order valence-electron chi connectivity index (χ1n) is 8.11. The zero-order chi connectivity index (χ0) is 21.1. The molecule has 8 nitrogen and oxygen atoms in total. The maximum atomic E-state index is 13.3. The van der Waals surface area contributed by atoms with E-state index in [-0.39, 0.29) is 10.6 Å². The van der Waals surface area contributed by atoms with Gasteiger partial charge in [-0.2, -0.15) is 0 Å². The quantitative estimate of drug-likeness (QED) is 0.506. The average molecular weight is 416 g/mol. The minimum Gasteiger partial charge on any atom is -0.507 e. The van der Waals surface area contributed by atoms with Crippen molar-refractivity contribution in [1.29, 1.82) is 0 Å². The molecule has 1 fully saturated rings. The van der Waals surface area contributed by atoms with Crippen LogP contribution < -0.4 is 5.32 Å². The van der Waals surface area contributed by atoms with E-state index in [0.29, 0.717) is 17.3 Å².